The van der Waals surface area contributed by atoms with Crippen molar-refractivity contribution < 1.29 is 4.79 Å². The fourth-order valence-electron chi connectivity index (χ4n) is 1.63. The number of nitrogens with zero attached hydrogens (tertiary/aromatic N) is 5. The molecule has 82 valence electrons. The Labute approximate surface area is 87.4 Å². The number of tetrazole rings is 1. The number of carbonyl (C=O) groups is 1. The van der Waals surface area contributed by atoms with Crippen molar-refractivity contribution in [3.05, 3.63) is 5.82 Å². The zero-order valence-corrected chi connectivity index (χ0v) is 8.84. The summed E-state index contributed by atoms with van der Waals surface area (Å²) in [6.45, 7) is 4.40. The van der Waals surface area contributed by atoms with Gasteiger partial charge >= 0.3 is 0 Å². The number of hydrogen-bond acceptors (Lipinski definition) is 5. The summed E-state index contributed by atoms with van der Waals surface area (Å²) in [7, 11) is 2.06. The van der Waals surface area contributed by atoms with E-state index in [1.165, 1.54) is 0 Å². The molecule has 1 saturated heterocycles. The minimum atomic E-state index is -0.149. The highest BCUT2D eigenvalue weighted by Crippen LogP contribution is 2.08. The molecule has 1 aliphatic rings. The maximum absolute atomic E-state index is 11.8. The van der Waals surface area contributed by atoms with Gasteiger partial charge < -0.3 is 9.80 Å². The first-order valence-corrected chi connectivity index (χ1v) is 4.91. The minimum absolute atomic E-state index is 0.145. The van der Waals surface area contributed by atoms with Gasteiger partial charge in [-0.2, -0.15) is 5.21 Å². The van der Waals surface area contributed by atoms with E-state index in [2.05, 4.69) is 39.5 Å². The van der Waals surface area contributed by atoms with Crippen LogP contribution in [0.1, 0.15) is 17.5 Å². The second-order valence-corrected chi connectivity index (χ2v) is 3.82. The maximum atomic E-state index is 11.8. The molecule has 0 bridgehead atoms. The van der Waals surface area contributed by atoms with Crippen LogP contribution in [-0.4, -0.2) is 69.1 Å². The maximum Gasteiger partial charge on any atom is 0.295 e. The zero-order valence-electron chi connectivity index (χ0n) is 8.84. The molecule has 1 atom stereocenters. The van der Waals surface area contributed by atoms with E-state index >= 15 is 0 Å². The van der Waals surface area contributed by atoms with Crippen molar-refractivity contribution in [1.82, 2.24) is 30.4 Å². The van der Waals surface area contributed by atoms with Crippen LogP contribution >= 0.6 is 0 Å². The van der Waals surface area contributed by atoms with Gasteiger partial charge in [-0.15, -0.1) is 10.2 Å². The van der Waals surface area contributed by atoms with Crippen LogP contribution in [0, 0.1) is 0 Å². The molecule has 0 aliphatic carbocycles. The summed E-state index contributed by atoms with van der Waals surface area (Å²) >= 11 is 0. The topological polar surface area (TPSA) is 78.0 Å². The Balaban J connectivity index is 2.03. The Bertz CT molecular complexity index is 337. The summed E-state index contributed by atoms with van der Waals surface area (Å²) in [6.07, 6.45) is 0. The van der Waals surface area contributed by atoms with E-state index in [0.29, 0.717) is 19.1 Å². The van der Waals surface area contributed by atoms with E-state index < -0.39 is 0 Å². The number of carbonyl (C=O) groups excluding carboxylic acids is 1. The van der Waals surface area contributed by atoms with Crippen molar-refractivity contribution in [3.63, 3.8) is 0 Å². The number of amides is 1. The molecule has 1 aromatic rings. The van der Waals surface area contributed by atoms with Crippen LogP contribution in [0.3, 0.4) is 0 Å². The largest absolute Gasteiger partial charge is 0.333 e. The number of aromatic amines is 1. The highest BCUT2D eigenvalue weighted by molar-refractivity contribution is 5.90. The van der Waals surface area contributed by atoms with Crippen molar-refractivity contribution in [3.8, 4) is 0 Å². The summed E-state index contributed by atoms with van der Waals surface area (Å²) in [6, 6.07) is 0.370. The predicted octanol–water partition coefficient (Wildman–Crippen LogP) is -1.02. The van der Waals surface area contributed by atoms with Crippen molar-refractivity contribution >= 4 is 5.91 Å². The molecule has 2 heterocycles. The Morgan fingerprint density at radius 2 is 2.33 bits per heavy atom. The Kier molecular flexibility index (Phi) is 2.63. The molecule has 0 spiro atoms. The van der Waals surface area contributed by atoms with Crippen LogP contribution in [-0.2, 0) is 0 Å². The van der Waals surface area contributed by atoms with E-state index in [4.69, 9.17) is 0 Å². The lowest BCUT2D eigenvalue weighted by atomic mass is 10.2. The summed E-state index contributed by atoms with van der Waals surface area (Å²) in [5.74, 6) is -0.00421. The lowest BCUT2D eigenvalue weighted by Gasteiger charge is -2.37. The average molecular weight is 210 g/mol. The third-order valence-electron chi connectivity index (χ3n) is 2.78. The Morgan fingerprint density at radius 1 is 1.53 bits per heavy atom. The van der Waals surface area contributed by atoms with E-state index in [1.807, 2.05) is 0 Å². The molecule has 1 amide bonds. The highest BCUT2D eigenvalue weighted by Gasteiger charge is 2.26. The molecule has 1 unspecified atom stereocenters. The molecule has 0 radical (unpaired) electrons. The zero-order chi connectivity index (χ0) is 10.8. The Hall–Kier alpha value is -1.50. The molecule has 2 rings (SSSR count). The first-order chi connectivity index (χ1) is 7.18. The van der Waals surface area contributed by atoms with E-state index in [1.54, 1.807) is 4.90 Å². The van der Waals surface area contributed by atoms with E-state index in [9.17, 15) is 4.79 Å². The normalized spacial score (nSPS) is 23.1. The fraction of sp³-hybridized carbons (Fsp3) is 0.750. The molecule has 0 saturated carbocycles. The van der Waals surface area contributed by atoms with Gasteiger partial charge in [0.25, 0.3) is 11.7 Å². The van der Waals surface area contributed by atoms with Crippen LogP contribution < -0.4 is 0 Å². The number of hydrogen-bond donors (Lipinski definition) is 1. The number of rotatable bonds is 1. The second-order valence-electron chi connectivity index (χ2n) is 3.82. The first-order valence-electron chi connectivity index (χ1n) is 4.91. The molecule has 1 N–H and O–H groups in total. The van der Waals surface area contributed by atoms with Crippen molar-refractivity contribution in [1.29, 1.82) is 0 Å². The standard InChI is InChI=1S/C8H14N6O/c1-6-5-14(4-3-13(6)2)8(15)7-9-11-12-10-7/h6H,3-5H2,1-2H3,(H,9,10,11,12). The summed E-state index contributed by atoms with van der Waals surface area (Å²) in [5, 5.41) is 13.0. The summed E-state index contributed by atoms with van der Waals surface area (Å²) in [5.41, 5.74) is 0. The van der Waals surface area contributed by atoms with Crippen LogP contribution in [0.4, 0.5) is 0 Å². The SMILES string of the molecule is CC1CN(C(=O)c2nn[nH]n2)CCN1C. The highest BCUT2D eigenvalue weighted by atomic mass is 16.2. The minimum Gasteiger partial charge on any atom is -0.333 e. The molecule has 1 aliphatic heterocycles. The molecule has 1 fully saturated rings. The van der Waals surface area contributed by atoms with E-state index in [0.717, 1.165) is 6.54 Å². The number of aromatic nitrogens is 4. The molecule has 7 nitrogen and oxygen atoms in total. The Morgan fingerprint density at radius 3 is 2.93 bits per heavy atom. The van der Waals surface area contributed by atoms with Gasteiger partial charge in [0.15, 0.2) is 0 Å². The molecule has 1 aromatic heterocycles. The summed E-state index contributed by atoms with van der Waals surface area (Å²) in [4.78, 5) is 15.8. The molecular weight excluding hydrogens is 196 g/mol. The molecular formula is C8H14N6O. The van der Waals surface area contributed by atoms with Crippen molar-refractivity contribution in [2.75, 3.05) is 26.7 Å². The van der Waals surface area contributed by atoms with Gasteiger partial charge in [-0.1, -0.05) is 0 Å². The van der Waals surface area contributed by atoms with Crippen molar-refractivity contribution in [2.45, 2.75) is 13.0 Å². The van der Waals surface area contributed by atoms with Gasteiger partial charge in [-0.3, -0.25) is 4.79 Å². The number of nitrogens with one attached hydrogen (secondary N) is 1. The first kappa shape index (κ1) is 10.0. The van der Waals surface area contributed by atoms with Gasteiger partial charge in [0.1, 0.15) is 0 Å². The van der Waals surface area contributed by atoms with Gasteiger partial charge in [-0.25, -0.2) is 0 Å². The van der Waals surface area contributed by atoms with Crippen LogP contribution in [0.15, 0.2) is 0 Å². The molecule has 7 heteroatoms. The third-order valence-corrected chi connectivity index (χ3v) is 2.78. The van der Waals surface area contributed by atoms with Crippen LogP contribution in [0.25, 0.3) is 0 Å². The fourth-order valence-corrected chi connectivity index (χ4v) is 1.63. The number of piperazine rings is 1. The molecule has 15 heavy (non-hydrogen) atoms. The van der Waals surface area contributed by atoms with Gasteiger partial charge in [0.2, 0.25) is 0 Å². The van der Waals surface area contributed by atoms with Crippen LogP contribution in [0.2, 0.25) is 0 Å². The van der Waals surface area contributed by atoms with Gasteiger partial charge in [-0.05, 0) is 19.2 Å². The van der Waals surface area contributed by atoms with Crippen LogP contribution in [0.5, 0.6) is 0 Å². The monoisotopic (exact) mass is 210 g/mol. The molecule has 0 aromatic carbocycles. The average Bonchev–Trinajstić information content (AvgIpc) is 2.74. The lowest BCUT2D eigenvalue weighted by Crippen LogP contribution is -2.52. The predicted molar refractivity (Wildman–Crippen MR) is 52.2 cm³/mol. The van der Waals surface area contributed by atoms with Gasteiger partial charge in [0.05, 0.1) is 0 Å². The van der Waals surface area contributed by atoms with Crippen molar-refractivity contribution in [2.24, 2.45) is 0 Å². The lowest BCUT2D eigenvalue weighted by molar-refractivity contribution is 0.0561. The second kappa shape index (κ2) is 3.93. The third kappa shape index (κ3) is 1.96. The summed E-state index contributed by atoms with van der Waals surface area (Å²) < 4.78 is 0. The van der Waals surface area contributed by atoms with E-state index in [-0.39, 0.29) is 11.7 Å². The number of likely N-dealkylation sites (N-methyl/N-ethyl adjacent to an activating group) is 1. The number of H-pyrrole nitrogens is 1. The van der Waals surface area contributed by atoms with Gasteiger partial charge in [0, 0.05) is 25.7 Å². The smallest absolute Gasteiger partial charge is 0.295 e. The quantitative estimate of drug-likeness (QED) is 0.641.